The molecule has 6 aliphatic heterocycles. The summed E-state index contributed by atoms with van der Waals surface area (Å²) in [6, 6.07) is 17.3. The van der Waals surface area contributed by atoms with Gasteiger partial charge in [-0.25, -0.2) is 14.4 Å². The first-order chi connectivity index (χ1) is 70.7. The lowest BCUT2D eigenvalue weighted by Crippen LogP contribution is -2.70. The molecule has 29 atom stereocenters. The largest absolute Gasteiger partial charge is 0.463 e. The fraction of sp³-hybridized carbons (Fsp3) is 0.557. The van der Waals surface area contributed by atoms with E-state index < -0.39 is 343 Å². The van der Waals surface area contributed by atoms with E-state index in [1.807, 2.05) is 0 Å². The van der Waals surface area contributed by atoms with Gasteiger partial charge in [0, 0.05) is 137 Å². The number of ether oxygens (including phenoxy) is 32. The molecule has 820 valence electrons. The fourth-order valence-electron chi connectivity index (χ4n) is 16.2. The van der Waals surface area contributed by atoms with Gasteiger partial charge in [-0.3, -0.25) is 86.3 Å². The van der Waals surface area contributed by atoms with Crippen LogP contribution in [0.1, 0.15) is 153 Å². The highest BCUT2D eigenvalue weighted by Crippen LogP contribution is 2.46. The molecule has 0 spiro atoms. The minimum Gasteiger partial charge on any atom is -0.463 e. The van der Waals surface area contributed by atoms with Crippen molar-refractivity contribution in [1.82, 2.24) is 0 Å². The summed E-state index contributed by atoms with van der Waals surface area (Å²) >= 11 is 0. The highest BCUT2D eigenvalue weighted by atomic mass is 16.9. The van der Waals surface area contributed by atoms with Crippen LogP contribution in [0.5, 0.6) is 11.5 Å². The molecule has 0 bridgehead atoms. The van der Waals surface area contributed by atoms with Crippen LogP contribution >= 0.6 is 0 Å². The first-order valence-corrected chi connectivity index (χ1v) is 46.1. The third-order valence-corrected chi connectivity index (χ3v) is 21.6. The van der Waals surface area contributed by atoms with Crippen LogP contribution in [0.2, 0.25) is 0 Å². The molecule has 0 N–H and O–H groups in total. The highest BCUT2D eigenvalue weighted by Gasteiger charge is 2.68. The molecular weight excluding hydrogens is 2010 g/mol. The average molecular weight is 2130 g/mol. The molecular formula is C97H114O53. The van der Waals surface area contributed by atoms with Crippen molar-refractivity contribution in [3.63, 3.8) is 0 Å². The molecule has 3 aromatic rings. The third kappa shape index (κ3) is 35.0. The number of rotatable bonds is 42. The van der Waals surface area contributed by atoms with Crippen molar-refractivity contribution in [3.05, 3.63) is 108 Å². The van der Waals surface area contributed by atoms with Crippen molar-refractivity contribution in [2.75, 3.05) is 39.6 Å². The summed E-state index contributed by atoms with van der Waals surface area (Å²) in [5, 5.41) is 0. The topological polar surface area (TPSA) is 654 Å². The summed E-state index contributed by atoms with van der Waals surface area (Å²) in [5.74, 6) is -27.9. The standard InChI is InChI=1S/C97H114O53/c1-43-74(127-50(8)104)80(132-55(13)109)85(135-58(16)112)92(125-43)139-66-33-27-63(28-34-66)30-36-73(117)144-78-70(40-122-47(5)101)143-96(150-97(42-124-72(116)35-29-62-25-31-65(32-26-62)126-49(7)103)90(148-91(118)64-23-21-20-22-24-64)79(131-54(12)108)71(149-97)41-123-48(6)102)89(147-95-87(137-60(18)114)82(134-57(15)111)76(129-52(10)106)68(142-95)38-120-45(3)99)84(78)146-94-88(138-61(19)115)83(77(130-53(11)107)69(141-94)39-121-46(4)100)145-93-86(136-59(17)113)81(133-56(14)110)75(128-51(9)105)67(140-93)37-119-44(2)98/h20-36,43,67-71,74-90,92-96H,37-42H2,1-19H3/b35-29+,36-30+/t43-,67-,68-,69-,70-,71-,74-,75-,76-,77-,78-,79-,80+,81+,82+,83+,84+,85+,86-,87-,88-,89-,90+,92+,93+,94+,95+,96-,97+/m1/s1. The molecule has 0 saturated carbocycles. The van der Waals surface area contributed by atoms with Gasteiger partial charge < -0.3 is 152 Å². The summed E-state index contributed by atoms with van der Waals surface area (Å²) in [6.07, 6.45) is -58.5. The maximum Gasteiger partial charge on any atom is 0.338 e. The molecule has 6 fully saturated rings. The van der Waals surface area contributed by atoms with Gasteiger partial charge in [-0.2, -0.15) is 0 Å². The first-order valence-electron chi connectivity index (χ1n) is 46.1. The van der Waals surface area contributed by atoms with Crippen LogP contribution in [0.3, 0.4) is 0 Å². The second-order valence-corrected chi connectivity index (χ2v) is 33.9. The lowest BCUT2D eigenvalue weighted by atomic mass is 9.94. The number of hydrogen-bond acceptors (Lipinski definition) is 53. The van der Waals surface area contributed by atoms with Crippen LogP contribution in [0.15, 0.2) is 91.0 Å². The Bertz CT molecular complexity index is 5400. The zero-order valence-corrected chi connectivity index (χ0v) is 84.4. The van der Waals surface area contributed by atoms with E-state index in [0.717, 1.165) is 143 Å². The normalized spacial score (nSPS) is 29.3. The molecule has 53 heteroatoms. The Morgan fingerprint density at radius 2 is 0.573 bits per heavy atom. The van der Waals surface area contributed by atoms with Gasteiger partial charge in [-0.1, -0.05) is 42.5 Å². The smallest absolute Gasteiger partial charge is 0.338 e. The maximum absolute atomic E-state index is 15.8. The van der Waals surface area contributed by atoms with E-state index in [0.29, 0.717) is 0 Å². The molecule has 6 aliphatic rings. The Morgan fingerprint density at radius 1 is 0.267 bits per heavy atom. The summed E-state index contributed by atoms with van der Waals surface area (Å²) in [6.45, 7) is 10.6. The van der Waals surface area contributed by atoms with Crippen LogP contribution in [0.25, 0.3) is 12.2 Å². The van der Waals surface area contributed by atoms with Gasteiger partial charge in [0.1, 0.15) is 100.0 Å². The second-order valence-electron chi connectivity index (χ2n) is 33.9. The molecule has 0 aliphatic carbocycles. The number of carbonyl (C=O) groups excluding carboxylic acids is 21. The van der Waals surface area contributed by atoms with Crippen LogP contribution in [-0.2, 0) is 238 Å². The van der Waals surface area contributed by atoms with E-state index >= 15 is 9.59 Å². The second kappa shape index (κ2) is 55.1. The van der Waals surface area contributed by atoms with Gasteiger partial charge in [0.05, 0.1) is 11.7 Å². The molecule has 0 amide bonds. The van der Waals surface area contributed by atoms with Gasteiger partial charge >= 0.3 is 125 Å². The minimum absolute atomic E-state index is 0.0576. The Morgan fingerprint density at radius 3 is 0.960 bits per heavy atom. The Kier molecular flexibility index (Phi) is 43.7. The summed E-state index contributed by atoms with van der Waals surface area (Å²) < 4.78 is 195. The van der Waals surface area contributed by atoms with E-state index in [1.165, 1.54) is 91.9 Å². The van der Waals surface area contributed by atoms with Crippen molar-refractivity contribution in [2.24, 2.45) is 0 Å². The number of esters is 21. The molecule has 0 unspecified atom stereocenters. The van der Waals surface area contributed by atoms with Gasteiger partial charge in [0.2, 0.25) is 18.2 Å². The summed E-state index contributed by atoms with van der Waals surface area (Å²) in [7, 11) is 0. The van der Waals surface area contributed by atoms with Gasteiger partial charge in [0.15, 0.2) is 105 Å². The van der Waals surface area contributed by atoms with E-state index in [1.54, 1.807) is 0 Å². The highest BCUT2D eigenvalue weighted by molar-refractivity contribution is 5.90. The fourth-order valence-corrected chi connectivity index (χ4v) is 16.2. The summed E-state index contributed by atoms with van der Waals surface area (Å²) in [4.78, 5) is 285. The van der Waals surface area contributed by atoms with E-state index in [9.17, 15) is 91.1 Å². The van der Waals surface area contributed by atoms with Gasteiger partial charge in [-0.05, 0) is 66.6 Å². The van der Waals surface area contributed by atoms with Crippen LogP contribution in [0, 0.1) is 0 Å². The molecule has 6 heterocycles. The van der Waals surface area contributed by atoms with Crippen molar-refractivity contribution >= 4 is 138 Å². The van der Waals surface area contributed by atoms with Crippen LogP contribution < -0.4 is 9.47 Å². The SMILES string of the molecule is CC(=O)OC[C@H]1O[C@@](COC(=O)/C=C/c2ccc(OC(C)=O)cc2)(O[C@H]2O[C@H](COC(C)=O)[C@@H](OC(=O)/C=C/c3ccc(O[C@@H]4O[C@H](C)[C@@H](OC(C)=O)[C@H](OC(C)=O)[C@@H]4OC(C)=O)cc3)[C@H](O[C@@H]3O[C@H](COC(C)=O)[C@@H](OC(C)=O)[C@H](O[C@@H]4O[C@H](COC(C)=O)[C@@H](OC(C)=O)[C@H](OC(C)=O)[C@H]4OC(C)=O)[C@H]3OC(C)=O)[C@H]2O[C@@H]2O[C@H](COC(C)=O)[C@@H](OC(C)=O)[C@H](OC(C)=O)[C@H]2OC(C)=O)[C@@H](OC(=O)c2ccccc2)[C@@H]1OC(C)=O. The predicted molar refractivity (Wildman–Crippen MR) is 481 cm³/mol. The quantitative estimate of drug-likeness (QED) is 0.0340. The van der Waals surface area contributed by atoms with Gasteiger partial charge in [0.25, 0.3) is 0 Å². The van der Waals surface area contributed by atoms with E-state index in [2.05, 4.69) is 0 Å². The predicted octanol–water partition coefficient (Wildman–Crippen LogP) is 2.31. The molecule has 3 aromatic carbocycles. The van der Waals surface area contributed by atoms with Crippen molar-refractivity contribution in [2.45, 2.75) is 309 Å². The van der Waals surface area contributed by atoms with Crippen molar-refractivity contribution < 1.29 is 252 Å². The zero-order chi connectivity index (χ0) is 111. The van der Waals surface area contributed by atoms with E-state index in [-0.39, 0.29) is 28.2 Å². The number of benzene rings is 3. The lowest BCUT2D eigenvalue weighted by Gasteiger charge is -2.52. The van der Waals surface area contributed by atoms with Crippen molar-refractivity contribution in [3.8, 4) is 11.5 Å². The van der Waals surface area contributed by atoms with Gasteiger partial charge in [-0.15, -0.1) is 0 Å². The zero-order valence-electron chi connectivity index (χ0n) is 84.4. The lowest BCUT2D eigenvalue weighted by molar-refractivity contribution is -0.423. The molecule has 53 nitrogen and oxygen atoms in total. The average Bonchev–Trinajstić information content (AvgIpc) is 1.47. The Hall–Kier alpha value is -14.6. The number of hydrogen-bond donors (Lipinski definition) is 0. The number of carbonyl (C=O) groups is 21. The molecule has 6 saturated heterocycles. The third-order valence-electron chi connectivity index (χ3n) is 21.6. The molecule has 0 radical (unpaired) electrons. The summed E-state index contributed by atoms with van der Waals surface area (Å²) in [5.41, 5.74) is -0.0344. The Labute approximate surface area is 854 Å². The molecule has 9 rings (SSSR count). The van der Waals surface area contributed by atoms with E-state index in [4.69, 9.17) is 152 Å². The maximum atomic E-state index is 15.8. The Balaban J connectivity index is 1.39. The minimum atomic E-state index is -3.38. The molecule has 150 heavy (non-hydrogen) atoms. The van der Waals surface area contributed by atoms with Crippen LogP contribution in [0.4, 0.5) is 0 Å². The first kappa shape index (κ1) is 119. The molecule has 0 aromatic heterocycles. The monoisotopic (exact) mass is 2130 g/mol. The van der Waals surface area contributed by atoms with Crippen molar-refractivity contribution in [1.29, 1.82) is 0 Å². The van der Waals surface area contributed by atoms with Crippen LogP contribution in [-0.4, -0.2) is 343 Å².